The van der Waals surface area contributed by atoms with Gasteiger partial charge in [-0.3, -0.25) is 15.0 Å². The van der Waals surface area contributed by atoms with Crippen molar-refractivity contribution in [3.05, 3.63) is 58.6 Å². The van der Waals surface area contributed by atoms with Crippen LogP contribution in [0.4, 0.5) is 11.4 Å². The number of rotatable bonds is 10. The van der Waals surface area contributed by atoms with Crippen molar-refractivity contribution in [1.29, 1.82) is 0 Å². The molecule has 2 aliphatic rings. The molecular weight excluding hydrogens is 460 g/mol. The quantitative estimate of drug-likeness (QED) is 0.291. The molecule has 2 aromatic carbocycles. The fourth-order valence-corrected chi connectivity index (χ4v) is 6.51. The van der Waals surface area contributed by atoms with E-state index in [0.29, 0.717) is 17.8 Å². The van der Waals surface area contributed by atoms with Crippen LogP contribution >= 0.6 is 11.8 Å². The van der Waals surface area contributed by atoms with Crippen LogP contribution in [0.3, 0.4) is 0 Å². The van der Waals surface area contributed by atoms with E-state index in [2.05, 4.69) is 22.3 Å². The van der Waals surface area contributed by atoms with Crippen molar-refractivity contribution in [3.8, 4) is 0 Å². The molecule has 2 aromatic rings. The van der Waals surface area contributed by atoms with Crippen molar-refractivity contribution in [2.75, 3.05) is 17.6 Å². The molecule has 4 rings (SSSR count). The highest BCUT2D eigenvalue weighted by atomic mass is 32.2. The van der Waals surface area contributed by atoms with Crippen LogP contribution in [0.5, 0.6) is 0 Å². The number of nitro groups is 1. The number of nitrogens with one attached hydrogen (secondary N) is 1. The average Bonchev–Trinajstić information content (AvgIpc) is 3.00. The smallest absolute Gasteiger partial charge is 0.293 e. The van der Waals surface area contributed by atoms with E-state index in [0.717, 1.165) is 29.7 Å². The highest BCUT2D eigenvalue weighted by molar-refractivity contribution is 7.99. The molecule has 0 aromatic heterocycles. The molecule has 178 valence electrons. The van der Waals surface area contributed by atoms with Gasteiger partial charge in [-0.05, 0) is 56.4 Å². The van der Waals surface area contributed by atoms with E-state index in [4.69, 9.17) is 5.14 Å². The van der Waals surface area contributed by atoms with Gasteiger partial charge < -0.3 is 5.32 Å². The van der Waals surface area contributed by atoms with Gasteiger partial charge in [0, 0.05) is 41.4 Å². The third-order valence-corrected chi connectivity index (χ3v) is 8.72. The summed E-state index contributed by atoms with van der Waals surface area (Å²) >= 11 is 1.71. The van der Waals surface area contributed by atoms with E-state index in [1.807, 2.05) is 18.2 Å². The Kier molecular flexibility index (Phi) is 7.58. The Morgan fingerprint density at radius 2 is 1.82 bits per heavy atom. The van der Waals surface area contributed by atoms with E-state index < -0.39 is 14.9 Å². The molecular formula is C23H30N4O4S2. The monoisotopic (exact) mass is 490 g/mol. The van der Waals surface area contributed by atoms with Crippen LogP contribution < -0.4 is 10.5 Å². The van der Waals surface area contributed by atoms with E-state index in [1.54, 1.807) is 11.8 Å². The number of hydrogen-bond donors (Lipinski definition) is 2. The Balaban J connectivity index is 1.51. The largest absolute Gasteiger partial charge is 0.376 e. The molecule has 0 radical (unpaired) electrons. The third-order valence-electron chi connectivity index (χ3n) is 6.63. The molecule has 3 N–H and O–H groups in total. The number of nitro benzene ring substituents is 1. The van der Waals surface area contributed by atoms with Crippen LogP contribution in [0.1, 0.15) is 38.5 Å². The van der Waals surface area contributed by atoms with Crippen molar-refractivity contribution in [1.82, 2.24) is 4.90 Å². The minimum absolute atomic E-state index is 0.0180. The molecule has 10 heteroatoms. The first-order chi connectivity index (χ1) is 15.8. The van der Waals surface area contributed by atoms with Gasteiger partial charge in [-0.15, -0.1) is 11.8 Å². The van der Waals surface area contributed by atoms with Crippen molar-refractivity contribution in [2.24, 2.45) is 5.14 Å². The lowest BCUT2D eigenvalue weighted by Crippen LogP contribution is -2.42. The Bertz CT molecular complexity index is 1070. The van der Waals surface area contributed by atoms with Crippen molar-refractivity contribution >= 4 is 33.2 Å². The number of fused-ring (bicyclic) bond motifs is 2. The molecule has 0 saturated carbocycles. The summed E-state index contributed by atoms with van der Waals surface area (Å²) in [5.74, 6) is 0.737. The van der Waals surface area contributed by atoms with Gasteiger partial charge >= 0.3 is 0 Å². The molecule has 8 nitrogen and oxygen atoms in total. The number of thioether (sulfide) groups is 1. The summed E-state index contributed by atoms with van der Waals surface area (Å²) in [5, 5.41) is 20.2. The maximum absolute atomic E-state index is 11.7. The summed E-state index contributed by atoms with van der Waals surface area (Å²) in [7, 11) is -4.02. The lowest BCUT2D eigenvalue weighted by Gasteiger charge is -2.35. The first-order valence-corrected chi connectivity index (χ1v) is 13.9. The molecule has 0 amide bonds. The lowest BCUT2D eigenvalue weighted by molar-refractivity contribution is -0.384. The van der Waals surface area contributed by atoms with Crippen LogP contribution in [0.2, 0.25) is 0 Å². The van der Waals surface area contributed by atoms with Crippen molar-refractivity contribution in [2.45, 2.75) is 66.4 Å². The van der Waals surface area contributed by atoms with Gasteiger partial charge in [0.25, 0.3) is 5.69 Å². The van der Waals surface area contributed by atoms with Gasteiger partial charge in [0.1, 0.15) is 5.69 Å². The maximum atomic E-state index is 11.7. The zero-order valence-electron chi connectivity index (χ0n) is 18.4. The number of piperidine rings is 1. The molecule has 0 aliphatic carbocycles. The van der Waals surface area contributed by atoms with Crippen LogP contribution in [0.25, 0.3) is 0 Å². The average molecular weight is 491 g/mol. The summed E-state index contributed by atoms with van der Waals surface area (Å²) in [5.41, 5.74) is 0.0296. The van der Waals surface area contributed by atoms with E-state index in [9.17, 15) is 18.5 Å². The second-order valence-electron chi connectivity index (χ2n) is 8.79. The topological polar surface area (TPSA) is 119 Å². The van der Waals surface area contributed by atoms with Gasteiger partial charge in [0.2, 0.25) is 10.0 Å². The first kappa shape index (κ1) is 24.0. The molecule has 2 unspecified atom stereocenters. The summed E-state index contributed by atoms with van der Waals surface area (Å²) in [6, 6.07) is 15.2. The van der Waals surface area contributed by atoms with E-state index in [1.165, 1.54) is 44.2 Å². The summed E-state index contributed by atoms with van der Waals surface area (Å²) < 4.78 is 23.3. The fraction of sp³-hybridized carbons (Fsp3) is 0.478. The Morgan fingerprint density at radius 3 is 2.45 bits per heavy atom. The van der Waals surface area contributed by atoms with Gasteiger partial charge in [0.15, 0.2) is 0 Å². The number of primary sulfonamides is 1. The van der Waals surface area contributed by atoms with Gasteiger partial charge in [-0.2, -0.15) is 0 Å². The zero-order chi connectivity index (χ0) is 23.4. The SMILES string of the molecule is NS(=O)(=O)c1ccc(N[C@H](CCN2C3CCCC2CC3)CSc2ccccc2)c([N+](=O)[O-])c1. The van der Waals surface area contributed by atoms with Crippen LogP contribution in [-0.4, -0.2) is 48.7 Å². The predicted octanol–water partition coefficient (Wildman–Crippen LogP) is 4.22. The van der Waals surface area contributed by atoms with Crippen LogP contribution in [-0.2, 0) is 10.0 Å². The van der Waals surface area contributed by atoms with E-state index in [-0.39, 0.29) is 16.6 Å². The van der Waals surface area contributed by atoms with Gasteiger partial charge in [-0.25, -0.2) is 13.6 Å². The Hall–Kier alpha value is -2.14. The molecule has 2 bridgehead atoms. The number of sulfonamides is 1. The normalized spacial score (nSPS) is 21.6. The van der Waals surface area contributed by atoms with E-state index >= 15 is 0 Å². The van der Waals surface area contributed by atoms with Gasteiger partial charge in [0.05, 0.1) is 9.82 Å². The molecule has 2 heterocycles. The second kappa shape index (κ2) is 10.4. The highest BCUT2D eigenvalue weighted by Gasteiger charge is 2.36. The Morgan fingerprint density at radius 1 is 1.12 bits per heavy atom. The number of hydrogen-bond acceptors (Lipinski definition) is 7. The molecule has 2 aliphatic heterocycles. The molecule has 0 spiro atoms. The number of nitrogens with zero attached hydrogens (tertiary/aromatic N) is 2. The standard InChI is InChI=1S/C23H30N4O4S2/c24-33(30,31)21-11-12-22(23(15-21)27(28)29)25-17(16-32-20-7-2-1-3-8-20)13-14-26-18-5-4-6-19(26)10-9-18/h1-3,7-8,11-12,15,17-19,25H,4-6,9-10,13-14,16H2,(H2,24,30,31)/t17-,18?,19?/m1/s1. The maximum Gasteiger partial charge on any atom is 0.293 e. The second-order valence-corrected chi connectivity index (χ2v) is 11.4. The predicted molar refractivity (Wildman–Crippen MR) is 131 cm³/mol. The molecule has 2 fully saturated rings. The third kappa shape index (κ3) is 6.06. The first-order valence-electron chi connectivity index (χ1n) is 11.3. The minimum Gasteiger partial charge on any atom is -0.376 e. The van der Waals surface area contributed by atoms with Crippen LogP contribution in [0.15, 0.2) is 58.3 Å². The fourth-order valence-electron chi connectivity index (χ4n) is 4.99. The lowest BCUT2D eigenvalue weighted by atomic mass is 10.0. The summed E-state index contributed by atoms with van der Waals surface area (Å²) in [6.45, 7) is 0.950. The number of anilines is 1. The van der Waals surface area contributed by atoms with Crippen molar-refractivity contribution < 1.29 is 13.3 Å². The molecule has 2 saturated heterocycles. The summed E-state index contributed by atoms with van der Waals surface area (Å²) in [6.07, 6.45) is 7.20. The Labute approximate surface area is 199 Å². The van der Waals surface area contributed by atoms with Gasteiger partial charge in [-0.1, -0.05) is 24.6 Å². The van der Waals surface area contributed by atoms with Crippen molar-refractivity contribution in [3.63, 3.8) is 0 Å². The minimum atomic E-state index is -4.02. The molecule has 3 atom stereocenters. The highest BCUT2D eigenvalue weighted by Crippen LogP contribution is 2.36. The number of benzene rings is 2. The number of nitrogens with two attached hydrogens (primary N) is 1. The molecule has 33 heavy (non-hydrogen) atoms. The zero-order valence-corrected chi connectivity index (χ0v) is 20.1. The van der Waals surface area contributed by atoms with Crippen LogP contribution in [0, 0.1) is 10.1 Å². The summed E-state index contributed by atoms with van der Waals surface area (Å²) in [4.78, 5) is 14.6.